The number of benzene rings is 3. The number of fused-ring (bicyclic) bond motifs is 2. The molecule has 2 N–H and O–H groups in total. The van der Waals surface area contributed by atoms with Gasteiger partial charge in [-0.2, -0.15) is 4.98 Å². The molecule has 0 spiro atoms. The molecular formula is C23H20N4O2. The van der Waals surface area contributed by atoms with E-state index in [1.54, 1.807) is 12.1 Å². The molecule has 0 bridgehead atoms. The molecule has 0 saturated carbocycles. The van der Waals surface area contributed by atoms with Gasteiger partial charge in [0.2, 0.25) is 5.95 Å². The number of hydrogen-bond acceptors (Lipinski definition) is 6. The molecule has 6 heteroatoms. The first kappa shape index (κ1) is 17.3. The van der Waals surface area contributed by atoms with E-state index in [1.165, 1.54) is 0 Å². The summed E-state index contributed by atoms with van der Waals surface area (Å²) in [5, 5.41) is 14.6. The summed E-state index contributed by atoms with van der Waals surface area (Å²) < 4.78 is 5.76. The van der Waals surface area contributed by atoms with Crippen molar-refractivity contribution >= 4 is 28.4 Å². The average Bonchev–Trinajstić information content (AvgIpc) is 2.78. The van der Waals surface area contributed by atoms with Gasteiger partial charge in [0.15, 0.2) is 0 Å². The SMILES string of the molecule is Oc1cccc2c(NCc3ccccc3)nc(N3CCOc4ccccc43)nc12. The Balaban J connectivity index is 1.59. The van der Waals surface area contributed by atoms with E-state index in [-0.39, 0.29) is 5.75 Å². The third-order valence-electron chi connectivity index (χ3n) is 4.97. The summed E-state index contributed by atoms with van der Waals surface area (Å²) in [4.78, 5) is 11.5. The highest BCUT2D eigenvalue weighted by Gasteiger charge is 2.23. The summed E-state index contributed by atoms with van der Waals surface area (Å²) >= 11 is 0. The van der Waals surface area contributed by atoms with Crippen molar-refractivity contribution in [2.45, 2.75) is 6.54 Å². The number of nitrogens with zero attached hydrogens (tertiary/aromatic N) is 3. The van der Waals surface area contributed by atoms with Crippen LogP contribution in [0.3, 0.4) is 0 Å². The van der Waals surface area contributed by atoms with Crippen LogP contribution in [0.25, 0.3) is 10.9 Å². The maximum Gasteiger partial charge on any atom is 0.232 e. The van der Waals surface area contributed by atoms with Crippen LogP contribution >= 0.6 is 0 Å². The second-order valence-electron chi connectivity index (χ2n) is 6.85. The van der Waals surface area contributed by atoms with E-state index in [9.17, 15) is 5.11 Å². The monoisotopic (exact) mass is 384 g/mol. The number of nitrogens with one attached hydrogen (secondary N) is 1. The van der Waals surface area contributed by atoms with Crippen molar-refractivity contribution in [3.63, 3.8) is 0 Å². The van der Waals surface area contributed by atoms with Crippen molar-refractivity contribution in [1.82, 2.24) is 9.97 Å². The van der Waals surface area contributed by atoms with E-state index >= 15 is 0 Å². The van der Waals surface area contributed by atoms with E-state index in [0.717, 1.165) is 22.4 Å². The molecule has 1 aliphatic rings. The van der Waals surface area contributed by atoms with Gasteiger partial charge in [-0.25, -0.2) is 4.98 Å². The molecule has 144 valence electrons. The van der Waals surface area contributed by atoms with Gasteiger partial charge >= 0.3 is 0 Å². The second-order valence-corrected chi connectivity index (χ2v) is 6.85. The minimum Gasteiger partial charge on any atom is -0.506 e. The zero-order valence-corrected chi connectivity index (χ0v) is 15.7. The van der Waals surface area contributed by atoms with Gasteiger partial charge in [-0.1, -0.05) is 48.5 Å². The standard InChI is InChI=1S/C23H20N4O2/c28-19-11-6-9-17-21(19)25-23(26-22(17)24-15-16-7-2-1-3-8-16)27-13-14-29-20-12-5-4-10-18(20)27/h1-12,28H,13-15H2,(H,24,25,26). The van der Waals surface area contributed by atoms with E-state index in [2.05, 4.69) is 22.4 Å². The van der Waals surface area contributed by atoms with Gasteiger partial charge in [-0.15, -0.1) is 0 Å². The number of phenolic OH excluding ortho intramolecular Hbond substituents is 1. The van der Waals surface area contributed by atoms with Crippen molar-refractivity contribution in [3.8, 4) is 11.5 Å². The lowest BCUT2D eigenvalue weighted by atomic mass is 10.2. The Morgan fingerprint density at radius 3 is 2.66 bits per heavy atom. The molecule has 6 nitrogen and oxygen atoms in total. The smallest absolute Gasteiger partial charge is 0.232 e. The maximum absolute atomic E-state index is 10.4. The highest BCUT2D eigenvalue weighted by atomic mass is 16.5. The number of aromatic nitrogens is 2. The van der Waals surface area contributed by atoms with Crippen LogP contribution < -0.4 is 15.0 Å². The summed E-state index contributed by atoms with van der Waals surface area (Å²) in [5.41, 5.74) is 2.59. The largest absolute Gasteiger partial charge is 0.506 e. The normalized spacial score (nSPS) is 13.0. The molecule has 0 fully saturated rings. The Morgan fingerprint density at radius 1 is 0.931 bits per heavy atom. The minimum atomic E-state index is 0.135. The number of phenols is 1. The summed E-state index contributed by atoms with van der Waals surface area (Å²) in [6.45, 7) is 1.81. The Labute approximate surface area is 168 Å². The van der Waals surface area contributed by atoms with Crippen LogP contribution in [-0.2, 0) is 6.54 Å². The van der Waals surface area contributed by atoms with Crippen LogP contribution in [-0.4, -0.2) is 28.2 Å². The van der Waals surface area contributed by atoms with Crippen molar-refractivity contribution in [1.29, 1.82) is 0 Å². The predicted octanol–water partition coefficient (Wildman–Crippen LogP) is 4.48. The predicted molar refractivity (Wildman–Crippen MR) is 114 cm³/mol. The zero-order chi connectivity index (χ0) is 19.6. The molecule has 0 unspecified atom stereocenters. The van der Waals surface area contributed by atoms with Crippen LogP contribution in [0.2, 0.25) is 0 Å². The Kier molecular flexibility index (Phi) is 4.37. The molecule has 5 rings (SSSR count). The van der Waals surface area contributed by atoms with Crippen LogP contribution in [0.1, 0.15) is 5.56 Å². The van der Waals surface area contributed by atoms with Crippen LogP contribution in [0.5, 0.6) is 11.5 Å². The first-order valence-corrected chi connectivity index (χ1v) is 9.56. The van der Waals surface area contributed by atoms with E-state index < -0.39 is 0 Å². The number of anilines is 3. The molecular weight excluding hydrogens is 364 g/mol. The lowest BCUT2D eigenvalue weighted by molar-refractivity contribution is 0.313. The minimum absolute atomic E-state index is 0.135. The highest BCUT2D eigenvalue weighted by Crippen LogP contribution is 2.37. The molecule has 2 heterocycles. The van der Waals surface area contributed by atoms with E-state index in [1.807, 2.05) is 53.4 Å². The first-order chi connectivity index (χ1) is 14.3. The fourth-order valence-corrected chi connectivity index (χ4v) is 3.54. The molecule has 0 amide bonds. The van der Waals surface area contributed by atoms with Gasteiger partial charge in [-0.05, 0) is 29.8 Å². The van der Waals surface area contributed by atoms with Gasteiger partial charge in [0.25, 0.3) is 0 Å². The van der Waals surface area contributed by atoms with Crippen molar-refractivity contribution in [2.24, 2.45) is 0 Å². The van der Waals surface area contributed by atoms with E-state index in [0.29, 0.717) is 37.0 Å². The number of aromatic hydroxyl groups is 1. The first-order valence-electron chi connectivity index (χ1n) is 9.56. The van der Waals surface area contributed by atoms with Gasteiger partial charge in [0, 0.05) is 11.9 Å². The van der Waals surface area contributed by atoms with Gasteiger partial charge in [0.05, 0.1) is 12.2 Å². The summed E-state index contributed by atoms with van der Waals surface area (Å²) in [5.74, 6) is 2.16. The van der Waals surface area contributed by atoms with Crippen molar-refractivity contribution in [3.05, 3.63) is 78.4 Å². The Bertz CT molecular complexity index is 1160. The second kappa shape index (κ2) is 7.31. The molecule has 4 aromatic rings. The molecule has 1 aromatic heterocycles. The third kappa shape index (κ3) is 3.29. The summed E-state index contributed by atoms with van der Waals surface area (Å²) in [7, 11) is 0. The lowest BCUT2D eigenvalue weighted by Gasteiger charge is -2.29. The Morgan fingerprint density at radius 2 is 1.76 bits per heavy atom. The van der Waals surface area contributed by atoms with Crippen molar-refractivity contribution < 1.29 is 9.84 Å². The fraction of sp³-hybridized carbons (Fsp3) is 0.130. The quantitative estimate of drug-likeness (QED) is 0.541. The van der Waals surface area contributed by atoms with E-state index in [4.69, 9.17) is 9.72 Å². The molecule has 0 aliphatic carbocycles. The number of hydrogen-bond donors (Lipinski definition) is 2. The number of ether oxygens (including phenoxy) is 1. The highest BCUT2D eigenvalue weighted by molar-refractivity contribution is 5.94. The van der Waals surface area contributed by atoms with Crippen LogP contribution in [0.15, 0.2) is 72.8 Å². The fourth-order valence-electron chi connectivity index (χ4n) is 3.54. The van der Waals surface area contributed by atoms with Gasteiger partial charge < -0.3 is 20.1 Å². The Hall–Kier alpha value is -3.80. The zero-order valence-electron chi connectivity index (χ0n) is 15.7. The lowest BCUT2D eigenvalue weighted by Crippen LogP contribution is -2.30. The van der Waals surface area contributed by atoms with Crippen LogP contribution in [0.4, 0.5) is 17.5 Å². The third-order valence-corrected chi connectivity index (χ3v) is 4.97. The number of rotatable bonds is 4. The average molecular weight is 384 g/mol. The molecule has 3 aromatic carbocycles. The topological polar surface area (TPSA) is 70.5 Å². The van der Waals surface area contributed by atoms with Crippen LogP contribution in [0, 0.1) is 0 Å². The molecule has 1 aliphatic heterocycles. The van der Waals surface area contributed by atoms with Gasteiger partial charge in [-0.3, -0.25) is 0 Å². The number of para-hydroxylation sites is 3. The molecule has 0 atom stereocenters. The molecule has 0 saturated heterocycles. The summed E-state index contributed by atoms with van der Waals surface area (Å²) in [6.07, 6.45) is 0. The maximum atomic E-state index is 10.4. The van der Waals surface area contributed by atoms with Gasteiger partial charge in [0.1, 0.15) is 29.4 Å². The van der Waals surface area contributed by atoms with Crippen molar-refractivity contribution in [2.75, 3.05) is 23.4 Å². The summed E-state index contributed by atoms with van der Waals surface area (Å²) in [6, 6.07) is 23.4. The molecule has 0 radical (unpaired) electrons. The molecule has 29 heavy (non-hydrogen) atoms.